The van der Waals surface area contributed by atoms with Gasteiger partial charge in [-0.25, -0.2) is 4.98 Å². The van der Waals surface area contributed by atoms with E-state index >= 15 is 0 Å². The molecule has 1 amide bonds. The molecule has 0 bridgehead atoms. The number of anilines is 1. The molecule has 1 fully saturated rings. The molecule has 2 heterocycles. The second kappa shape index (κ2) is 7.76. The number of carbonyl (C=O) groups excluding carboxylic acids is 1. The van der Waals surface area contributed by atoms with E-state index in [4.69, 9.17) is 9.47 Å². The molecule has 1 aliphatic heterocycles. The molecule has 6 nitrogen and oxygen atoms in total. The van der Waals surface area contributed by atoms with Crippen LogP contribution in [0.2, 0.25) is 0 Å². The number of aromatic nitrogens is 1. The van der Waals surface area contributed by atoms with E-state index in [0.29, 0.717) is 18.8 Å². The van der Waals surface area contributed by atoms with Crippen molar-refractivity contribution in [3.05, 3.63) is 60.3 Å². The summed E-state index contributed by atoms with van der Waals surface area (Å²) in [7, 11) is 3.32. The quantitative estimate of drug-likeness (QED) is 0.699. The van der Waals surface area contributed by atoms with Gasteiger partial charge in [-0.1, -0.05) is 18.2 Å². The van der Waals surface area contributed by atoms with Gasteiger partial charge in [-0.3, -0.25) is 4.79 Å². The zero-order valence-corrected chi connectivity index (χ0v) is 16.1. The number of methoxy groups -OCH3 is 2. The highest BCUT2D eigenvalue weighted by Crippen LogP contribution is 2.28. The Labute approximate surface area is 164 Å². The molecule has 6 heteroatoms. The first-order valence-corrected chi connectivity index (χ1v) is 9.31. The molecular weight excluding hydrogens is 354 g/mol. The first kappa shape index (κ1) is 18.1. The standard InChI is InChI=1S/C22H23N3O3/c1-27-17-8-10-18-16(15-17)7-9-19(23-18)22(26)25-13-11-24(12-14-25)20-5-3-4-6-21(20)28-2/h3-10,15H,11-14H2,1-2H3. The summed E-state index contributed by atoms with van der Waals surface area (Å²) in [6.45, 7) is 2.83. The Morgan fingerprint density at radius 2 is 1.71 bits per heavy atom. The van der Waals surface area contributed by atoms with Gasteiger partial charge >= 0.3 is 0 Å². The highest BCUT2D eigenvalue weighted by molar-refractivity contribution is 5.95. The SMILES string of the molecule is COc1ccc2nc(C(=O)N3CCN(c4ccccc4OC)CC3)ccc2c1. The molecule has 0 unspecified atom stereocenters. The van der Waals surface area contributed by atoms with Crippen LogP contribution in [0.1, 0.15) is 10.5 Å². The van der Waals surface area contributed by atoms with E-state index in [1.165, 1.54) is 0 Å². The molecule has 0 atom stereocenters. The number of piperazine rings is 1. The van der Waals surface area contributed by atoms with Crippen molar-refractivity contribution in [2.75, 3.05) is 45.3 Å². The molecule has 3 aromatic rings. The van der Waals surface area contributed by atoms with Gasteiger partial charge in [0.2, 0.25) is 0 Å². The molecule has 0 aliphatic carbocycles. The van der Waals surface area contributed by atoms with E-state index in [-0.39, 0.29) is 5.91 Å². The predicted molar refractivity (Wildman–Crippen MR) is 109 cm³/mol. The first-order valence-electron chi connectivity index (χ1n) is 9.31. The minimum atomic E-state index is -0.0302. The molecule has 0 radical (unpaired) electrons. The van der Waals surface area contributed by atoms with Crippen molar-refractivity contribution in [2.45, 2.75) is 0 Å². The van der Waals surface area contributed by atoms with E-state index in [2.05, 4.69) is 16.0 Å². The van der Waals surface area contributed by atoms with Crippen LogP contribution in [0, 0.1) is 0 Å². The minimum Gasteiger partial charge on any atom is -0.497 e. The van der Waals surface area contributed by atoms with Gasteiger partial charge in [-0.05, 0) is 36.4 Å². The van der Waals surface area contributed by atoms with Gasteiger partial charge in [0.1, 0.15) is 17.2 Å². The topological polar surface area (TPSA) is 54.9 Å². The number of nitrogens with zero attached hydrogens (tertiary/aromatic N) is 3. The third-order valence-electron chi connectivity index (χ3n) is 5.11. The molecule has 1 aromatic heterocycles. The second-order valence-corrected chi connectivity index (χ2v) is 6.71. The number of carbonyl (C=O) groups is 1. The molecule has 28 heavy (non-hydrogen) atoms. The van der Waals surface area contributed by atoms with Crippen molar-refractivity contribution >= 4 is 22.5 Å². The Morgan fingerprint density at radius 3 is 2.46 bits per heavy atom. The van der Waals surface area contributed by atoms with Crippen molar-refractivity contribution < 1.29 is 14.3 Å². The summed E-state index contributed by atoms with van der Waals surface area (Å²) in [6, 6.07) is 17.3. The fourth-order valence-electron chi connectivity index (χ4n) is 3.55. The normalized spacial score (nSPS) is 14.2. The average Bonchev–Trinajstić information content (AvgIpc) is 2.78. The minimum absolute atomic E-state index is 0.0302. The lowest BCUT2D eigenvalue weighted by molar-refractivity contribution is 0.0741. The number of amides is 1. The number of hydrogen-bond acceptors (Lipinski definition) is 5. The van der Waals surface area contributed by atoms with Crippen LogP contribution in [0.3, 0.4) is 0 Å². The van der Waals surface area contributed by atoms with Crippen LogP contribution in [0.25, 0.3) is 10.9 Å². The lowest BCUT2D eigenvalue weighted by atomic mass is 10.1. The van der Waals surface area contributed by atoms with E-state index in [9.17, 15) is 4.79 Å². The van der Waals surface area contributed by atoms with Gasteiger partial charge in [0.15, 0.2) is 0 Å². The third kappa shape index (κ3) is 3.45. The fraction of sp³-hybridized carbons (Fsp3) is 0.273. The maximum absolute atomic E-state index is 12.9. The zero-order chi connectivity index (χ0) is 19.5. The Morgan fingerprint density at radius 1 is 0.929 bits per heavy atom. The largest absolute Gasteiger partial charge is 0.497 e. The third-order valence-corrected chi connectivity index (χ3v) is 5.11. The lowest BCUT2D eigenvalue weighted by Gasteiger charge is -2.36. The molecule has 1 aliphatic rings. The van der Waals surface area contributed by atoms with Gasteiger partial charge in [-0.2, -0.15) is 0 Å². The maximum atomic E-state index is 12.9. The molecule has 1 saturated heterocycles. The van der Waals surface area contributed by atoms with E-state index in [0.717, 1.165) is 41.2 Å². The monoisotopic (exact) mass is 377 g/mol. The molecule has 2 aromatic carbocycles. The zero-order valence-electron chi connectivity index (χ0n) is 16.1. The number of benzene rings is 2. The molecule has 0 saturated carbocycles. The number of ether oxygens (including phenoxy) is 2. The molecule has 0 spiro atoms. The van der Waals surface area contributed by atoms with Gasteiger partial charge < -0.3 is 19.3 Å². The van der Waals surface area contributed by atoms with Crippen LogP contribution in [0.4, 0.5) is 5.69 Å². The number of para-hydroxylation sites is 2. The maximum Gasteiger partial charge on any atom is 0.272 e. The molecule has 4 rings (SSSR count). The van der Waals surface area contributed by atoms with Crippen molar-refractivity contribution in [1.82, 2.24) is 9.88 Å². The van der Waals surface area contributed by atoms with Crippen LogP contribution in [0.15, 0.2) is 54.6 Å². The van der Waals surface area contributed by atoms with E-state index in [1.807, 2.05) is 47.4 Å². The van der Waals surface area contributed by atoms with E-state index in [1.54, 1.807) is 20.3 Å². The highest BCUT2D eigenvalue weighted by Gasteiger charge is 2.24. The fourth-order valence-corrected chi connectivity index (χ4v) is 3.55. The van der Waals surface area contributed by atoms with Gasteiger partial charge in [0.25, 0.3) is 5.91 Å². The van der Waals surface area contributed by atoms with Crippen LogP contribution in [-0.4, -0.2) is 56.2 Å². The van der Waals surface area contributed by atoms with Crippen LogP contribution in [-0.2, 0) is 0 Å². The van der Waals surface area contributed by atoms with Gasteiger partial charge in [0, 0.05) is 31.6 Å². The summed E-state index contributed by atoms with van der Waals surface area (Å²) in [5.41, 5.74) is 2.33. The summed E-state index contributed by atoms with van der Waals surface area (Å²) in [6.07, 6.45) is 0. The number of hydrogen-bond donors (Lipinski definition) is 0. The number of rotatable bonds is 4. The molecule has 0 N–H and O–H groups in total. The van der Waals surface area contributed by atoms with E-state index < -0.39 is 0 Å². The van der Waals surface area contributed by atoms with Crippen molar-refractivity contribution in [1.29, 1.82) is 0 Å². The Bertz CT molecular complexity index is 997. The molecular formula is C22H23N3O3. The summed E-state index contributed by atoms with van der Waals surface area (Å²) in [4.78, 5) is 21.6. The van der Waals surface area contributed by atoms with Crippen molar-refractivity contribution in [3.8, 4) is 11.5 Å². The Kier molecular flexibility index (Phi) is 5.02. The predicted octanol–water partition coefficient (Wildman–Crippen LogP) is 3.21. The Balaban J connectivity index is 1.47. The summed E-state index contributed by atoms with van der Waals surface area (Å²) in [5, 5.41) is 0.955. The van der Waals surface area contributed by atoms with Crippen LogP contribution in [0.5, 0.6) is 11.5 Å². The van der Waals surface area contributed by atoms with Crippen molar-refractivity contribution in [3.63, 3.8) is 0 Å². The second-order valence-electron chi connectivity index (χ2n) is 6.71. The average molecular weight is 377 g/mol. The lowest BCUT2D eigenvalue weighted by Crippen LogP contribution is -2.49. The number of pyridine rings is 1. The first-order chi connectivity index (χ1) is 13.7. The Hall–Kier alpha value is -3.28. The van der Waals surface area contributed by atoms with Gasteiger partial charge in [0.05, 0.1) is 25.4 Å². The van der Waals surface area contributed by atoms with Gasteiger partial charge in [-0.15, -0.1) is 0 Å². The summed E-state index contributed by atoms with van der Waals surface area (Å²) in [5.74, 6) is 1.60. The summed E-state index contributed by atoms with van der Waals surface area (Å²) < 4.78 is 10.7. The van der Waals surface area contributed by atoms with Crippen LogP contribution >= 0.6 is 0 Å². The smallest absolute Gasteiger partial charge is 0.272 e. The highest BCUT2D eigenvalue weighted by atomic mass is 16.5. The summed E-state index contributed by atoms with van der Waals surface area (Å²) >= 11 is 0. The molecule has 144 valence electrons. The van der Waals surface area contributed by atoms with Crippen molar-refractivity contribution in [2.24, 2.45) is 0 Å². The number of fused-ring (bicyclic) bond motifs is 1. The van der Waals surface area contributed by atoms with Crippen LogP contribution < -0.4 is 14.4 Å².